The van der Waals surface area contributed by atoms with Crippen molar-refractivity contribution >= 4 is 23.2 Å². The Labute approximate surface area is 150 Å². The van der Waals surface area contributed by atoms with Crippen LogP contribution in [0.5, 0.6) is 0 Å². The van der Waals surface area contributed by atoms with Crippen LogP contribution < -0.4 is 10.2 Å². The maximum absolute atomic E-state index is 14.5. The second-order valence-corrected chi connectivity index (χ2v) is 6.61. The predicted octanol–water partition coefficient (Wildman–Crippen LogP) is 3.62. The van der Waals surface area contributed by atoms with E-state index in [9.17, 15) is 9.18 Å². The van der Waals surface area contributed by atoms with Crippen LogP contribution >= 0.6 is 11.6 Å². The lowest BCUT2D eigenvalue weighted by Crippen LogP contribution is -2.45. The predicted molar refractivity (Wildman–Crippen MR) is 93.5 cm³/mol. The van der Waals surface area contributed by atoms with Gasteiger partial charge in [0.2, 0.25) is 0 Å². The molecule has 0 radical (unpaired) electrons. The number of amides is 1. The van der Waals surface area contributed by atoms with Gasteiger partial charge in [0.15, 0.2) is 11.0 Å². The SMILES string of the molecule is CC1CN(c2ccc(CNC(=O)c3ccc(Cl)o3)cc2F)CC(C)O1. The van der Waals surface area contributed by atoms with Gasteiger partial charge in [-0.2, -0.15) is 0 Å². The van der Waals surface area contributed by atoms with E-state index in [0.29, 0.717) is 24.3 Å². The van der Waals surface area contributed by atoms with Crippen LogP contribution in [-0.4, -0.2) is 31.2 Å². The van der Waals surface area contributed by atoms with Gasteiger partial charge in [-0.05, 0) is 55.3 Å². The normalized spacial score (nSPS) is 20.6. The molecular formula is C18H20ClFN2O3. The average Bonchev–Trinajstić information content (AvgIpc) is 2.98. The molecule has 0 saturated carbocycles. The van der Waals surface area contributed by atoms with E-state index < -0.39 is 5.91 Å². The molecule has 134 valence electrons. The minimum atomic E-state index is -0.396. The van der Waals surface area contributed by atoms with Gasteiger partial charge in [0, 0.05) is 19.6 Å². The van der Waals surface area contributed by atoms with Crippen LogP contribution in [0.15, 0.2) is 34.7 Å². The highest BCUT2D eigenvalue weighted by molar-refractivity contribution is 6.29. The van der Waals surface area contributed by atoms with Gasteiger partial charge in [0.25, 0.3) is 5.91 Å². The molecule has 1 fully saturated rings. The Kier molecular flexibility index (Phi) is 5.30. The van der Waals surface area contributed by atoms with E-state index in [2.05, 4.69) is 5.32 Å². The number of ether oxygens (including phenoxy) is 1. The average molecular weight is 367 g/mol. The van der Waals surface area contributed by atoms with E-state index in [-0.39, 0.29) is 35.5 Å². The van der Waals surface area contributed by atoms with Gasteiger partial charge in [0.1, 0.15) is 5.82 Å². The fraction of sp³-hybridized carbons (Fsp3) is 0.389. The van der Waals surface area contributed by atoms with E-state index in [1.54, 1.807) is 12.1 Å². The molecule has 1 amide bonds. The van der Waals surface area contributed by atoms with Crippen LogP contribution in [0.2, 0.25) is 5.22 Å². The quantitative estimate of drug-likeness (QED) is 0.898. The smallest absolute Gasteiger partial charge is 0.287 e. The van der Waals surface area contributed by atoms with Crippen molar-refractivity contribution in [1.29, 1.82) is 0 Å². The molecule has 25 heavy (non-hydrogen) atoms. The molecule has 2 aromatic rings. The van der Waals surface area contributed by atoms with Gasteiger partial charge in [-0.1, -0.05) is 6.07 Å². The maximum atomic E-state index is 14.5. The number of nitrogens with zero attached hydrogens (tertiary/aromatic N) is 1. The third kappa shape index (κ3) is 4.32. The number of carbonyl (C=O) groups is 1. The second-order valence-electron chi connectivity index (χ2n) is 6.23. The number of carbonyl (C=O) groups excluding carboxylic acids is 1. The number of morpholine rings is 1. The number of halogens is 2. The van der Waals surface area contributed by atoms with Crippen molar-refractivity contribution in [2.45, 2.75) is 32.6 Å². The van der Waals surface area contributed by atoms with Gasteiger partial charge in [0.05, 0.1) is 17.9 Å². The Hall–Kier alpha value is -2.05. The first-order valence-corrected chi connectivity index (χ1v) is 8.52. The zero-order valence-electron chi connectivity index (χ0n) is 14.1. The lowest BCUT2D eigenvalue weighted by atomic mass is 10.1. The Bertz CT molecular complexity index is 755. The van der Waals surface area contributed by atoms with Gasteiger partial charge in [-0.15, -0.1) is 0 Å². The minimum Gasteiger partial charge on any atom is -0.440 e. The van der Waals surface area contributed by atoms with Crippen molar-refractivity contribution in [3.05, 3.63) is 52.7 Å². The molecule has 1 saturated heterocycles. The van der Waals surface area contributed by atoms with E-state index in [0.717, 1.165) is 0 Å². The lowest BCUT2D eigenvalue weighted by molar-refractivity contribution is -0.00539. The summed E-state index contributed by atoms with van der Waals surface area (Å²) >= 11 is 5.64. The summed E-state index contributed by atoms with van der Waals surface area (Å²) in [6, 6.07) is 7.97. The summed E-state index contributed by atoms with van der Waals surface area (Å²) in [4.78, 5) is 13.9. The fourth-order valence-electron chi connectivity index (χ4n) is 3.00. The molecule has 1 aliphatic heterocycles. The number of furan rings is 1. The summed E-state index contributed by atoms with van der Waals surface area (Å²) in [6.07, 6.45) is 0.115. The van der Waals surface area contributed by atoms with Crippen LogP contribution in [0.3, 0.4) is 0 Å². The molecule has 0 bridgehead atoms. The summed E-state index contributed by atoms with van der Waals surface area (Å²) in [6.45, 7) is 5.45. The monoisotopic (exact) mass is 366 g/mol. The van der Waals surface area contributed by atoms with Gasteiger partial charge >= 0.3 is 0 Å². The van der Waals surface area contributed by atoms with Crippen molar-refractivity contribution in [3.8, 4) is 0 Å². The van der Waals surface area contributed by atoms with Gasteiger partial charge in [-0.3, -0.25) is 4.79 Å². The Morgan fingerprint density at radius 3 is 2.60 bits per heavy atom. The van der Waals surface area contributed by atoms with E-state index in [4.69, 9.17) is 20.8 Å². The molecule has 3 rings (SSSR count). The highest BCUT2D eigenvalue weighted by atomic mass is 35.5. The van der Waals surface area contributed by atoms with Crippen LogP contribution in [-0.2, 0) is 11.3 Å². The Morgan fingerprint density at radius 1 is 1.28 bits per heavy atom. The number of benzene rings is 1. The van der Waals surface area contributed by atoms with Crippen LogP contribution in [0.4, 0.5) is 10.1 Å². The molecule has 1 N–H and O–H groups in total. The van der Waals surface area contributed by atoms with Gasteiger partial charge in [-0.25, -0.2) is 4.39 Å². The number of hydrogen-bond acceptors (Lipinski definition) is 4. The van der Waals surface area contributed by atoms with Crippen LogP contribution in [0.1, 0.15) is 30.0 Å². The number of rotatable bonds is 4. The van der Waals surface area contributed by atoms with E-state index in [1.165, 1.54) is 18.2 Å². The number of hydrogen-bond donors (Lipinski definition) is 1. The third-order valence-corrected chi connectivity index (χ3v) is 4.23. The van der Waals surface area contributed by atoms with Crippen molar-refractivity contribution in [2.75, 3.05) is 18.0 Å². The molecule has 0 aliphatic carbocycles. The lowest BCUT2D eigenvalue weighted by Gasteiger charge is -2.37. The van der Waals surface area contributed by atoms with Crippen LogP contribution in [0.25, 0.3) is 0 Å². The fourth-order valence-corrected chi connectivity index (χ4v) is 3.14. The molecule has 1 aliphatic rings. The highest BCUT2D eigenvalue weighted by Gasteiger charge is 2.24. The van der Waals surface area contributed by atoms with Crippen LogP contribution in [0, 0.1) is 5.82 Å². The zero-order chi connectivity index (χ0) is 18.0. The first kappa shape index (κ1) is 17.8. The second kappa shape index (κ2) is 7.45. The molecule has 7 heteroatoms. The number of anilines is 1. The Morgan fingerprint density at radius 2 is 2.00 bits per heavy atom. The Balaban J connectivity index is 1.64. The molecular weight excluding hydrogens is 347 g/mol. The largest absolute Gasteiger partial charge is 0.440 e. The summed E-state index contributed by atoms with van der Waals surface area (Å²) in [5.41, 5.74) is 1.22. The van der Waals surface area contributed by atoms with Crippen molar-refractivity contribution in [2.24, 2.45) is 0 Å². The molecule has 2 unspecified atom stereocenters. The minimum absolute atomic E-state index is 0.0576. The molecule has 1 aromatic carbocycles. The number of nitrogens with one attached hydrogen (secondary N) is 1. The topological polar surface area (TPSA) is 54.7 Å². The summed E-state index contributed by atoms with van der Waals surface area (Å²) in [7, 11) is 0. The molecule has 2 atom stereocenters. The summed E-state index contributed by atoms with van der Waals surface area (Å²) < 4.78 is 25.2. The van der Waals surface area contributed by atoms with Crippen molar-refractivity contribution in [1.82, 2.24) is 5.32 Å². The standard InChI is InChI=1S/C18H20ClFN2O3/c1-11-9-22(10-12(2)24-11)15-4-3-13(7-14(15)20)8-21-18(23)16-5-6-17(19)25-16/h3-7,11-12H,8-10H2,1-2H3,(H,21,23). The molecule has 0 spiro atoms. The summed E-state index contributed by atoms with van der Waals surface area (Å²) in [5, 5.41) is 2.83. The third-order valence-electron chi connectivity index (χ3n) is 4.02. The first-order valence-electron chi connectivity index (χ1n) is 8.14. The van der Waals surface area contributed by atoms with Crippen molar-refractivity contribution < 1.29 is 18.3 Å². The van der Waals surface area contributed by atoms with Crippen molar-refractivity contribution in [3.63, 3.8) is 0 Å². The molecule has 1 aromatic heterocycles. The molecule has 2 heterocycles. The first-order chi connectivity index (χ1) is 11.9. The van der Waals surface area contributed by atoms with Gasteiger partial charge < -0.3 is 19.4 Å². The molecule has 5 nitrogen and oxygen atoms in total. The van der Waals surface area contributed by atoms with E-state index in [1.807, 2.05) is 18.7 Å². The zero-order valence-corrected chi connectivity index (χ0v) is 14.8. The maximum Gasteiger partial charge on any atom is 0.287 e. The summed E-state index contributed by atoms with van der Waals surface area (Å²) in [5.74, 6) is -0.584. The van der Waals surface area contributed by atoms with E-state index >= 15 is 0 Å². The highest BCUT2D eigenvalue weighted by Crippen LogP contribution is 2.24.